The lowest BCUT2D eigenvalue weighted by molar-refractivity contribution is -0.138. The van der Waals surface area contributed by atoms with E-state index in [2.05, 4.69) is 0 Å². The third-order valence-corrected chi connectivity index (χ3v) is 4.01. The molecule has 0 aliphatic carbocycles. The van der Waals surface area contributed by atoms with Crippen LogP contribution in [0.2, 0.25) is 5.02 Å². The Hall–Kier alpha value is -1.55. The van der Waals surface area contributed by atoms with Gasteiger partial charge in [-0.15, -0.1) is 0 Å². The number of nitrogens with zero attached hydrogens (tertiary/aromatic N) is 1. The van der Waals surface area contributed by atoms with Crippen molar-refractivity contribution >= 4 is 46.0 Å². The lowest BCUT2D eigenvalue weighted by atomic mass is 10.2. The molecule has 1 amide bonds. The first kappa shape index (κ1) is 18.8. The molecule has 2 rings (SSSR count). The van der Waals surface area contributed by atoms with E-state index in [1.54, 1.807) is 22.6 Å². The van der Waals surface area contributed by atoms with Crippen molar-refractivity contribution < 1.29 is 27.1 Å². The van der Waals surface area contributed by atoms with Gasteiger partial charge in [-0.2, -0.15) is 13.2 Å². The van der Waals surface area contributed by atoms with Gasteiger partial charge in [0.2, 0.25) is 0 Å². The zero-order valence-electron chi connectivity index (χ0n) is 12.0. The van der Waals surface area contributed by atoms with Crippen molar-refractivity contribution in [3.8, 4) is 5.75 Å². The van der Waals surface area contributed by atoms with Gasteiger partial charge in [-0.1, -0.05) is 11.6 Å². The summed E-state index contributed by atoms with van der Waals surface area (Å²) in [6, 6.07) is 6.77. The summed E-state index contributed by atoms with van der Waals surface area (Å²) in [7, 11) is 1.30. The van der Waals surface area contributed by atoms with Crippen LogP contribution in [0.15, 0.2) is 36.4 Å². The van der Waals surface area contributed by atoms with Crippen LogP contribution in [-0.4, -0.2) is 13.1 Å². The first-order chi connectivity index (χ1) is 11.1. The Balaban J connectivity index is 2.33. The van der Waals surface area contributed by atoms with Gasteiger partial charge in [0, 0.05) is 17.8 Å². The van der Waals surface area contributed by atoms with Crippen LogP contribution in [0.3, 0.4) is 0 Å². The predicted octanol–water partition coefficient (Wildman–Crippen LogP) is 5.74. The second-order valence-electron chi connectivity index (χ2n) is 4.67. The molecule has 0 aliphatic heterocycles. The molecule has 24 heavy (non-hydrogen) atoms. The highest BCUT2D eigenvalue weighted by atomic mass is 127. The highest BCUT2D eigenvalue weighted by molar-refractivity contribution is 14.1. The van der Waals surface area contributed by atoms with Crippen LogP contribution in [0.1, 0.15) is 5.56 Å². The molecule has 0 aromatic heterocycles. The molecule has 0 atom stereocenters. The summed E-state index contributed by atoms with van der Waals surface area (Å²) in [5.41, 5.74) is -0.890. The summed E-state index contributed by atoms with van der Waals surface area (Å²) in [4.78, 5) is 13.1. The van der Waals surface area contributed by atoms with Crippen LogP contribution < -0.4 is 9.64 Å². The van der Waals surface area contributed by atoms with Gasteiger partial charge >= 0.3 is 12.3 Å². The van der Waals surface area contributed by atoms with E-state index in [1.807, 2.05) is 0 Å². The van der Waals surface area contributed by atoms with Crippen LogP contribution in [0.5, 0.6) is 5.75 Å². The molecule has 0 radical (unpaired) electrons. The number of hydrogen-bond acceptors (Lipinski definition) is 2. The van der Waals surface area contributed by atoms with Crippen LogP contribution in [0, 0.1) is 9.39 Å². The second kappa shape index (κ2) is 7.14. The second-order valence-corrected chi connectivity index (χ2v) is 6.26. The molecule has 0 N–H and O–H groups in total. The number of benzene rings is 2. The molecule has 9 heteroatoms. The van der Waals surface area contributed by atoms with Crippen LogP contribution in [-0.2, 0) is 6.18 Å². The number of ether oxygens (including phenoxy) is 1. The smallest absolute Gasteiger partial charge is 0.408 e. The van der Waals surface area contributed by atoms with E-state index in [-0.39, 0.29) is 14.3 Å². The topological polar surface area (TPSA) is 29.5 Å². The molecule has 0 spiro atoms. The average molecular weight is 474 g/mol. The number of hydrogen-bond donors (Lipinski definition) is 0. The number of halogens is 6. The molecule has 2 aromatic rings. The van der Waals surface area contributed by atoms with Gasteiger partial charge in [-0.3, -0.25) is 4.90 Å². The zero-order chi connectivity index (χ0) is 18.1. The van der Waals surface area contributed by atoms with Crippen molar-refractivity contribution in [2.24, 2.45) is 0 Å². The van der Waals surface area contributed by atoms with Crippen molar-refractivity contribution in [2.75, 3.05) is 11.9 Å². The zero-order valence-corrected chi connectivity index (χ0v) is 14.9. The van der Waals surface area contributed by atoms with Gasteiger partial charge in [0.05, 0.1) is 3.57 Å². The van der Waals surface area contributed by atoms with Crippen molar-refractivity contribution in [1.29, 1.82) is 0 Å². The molecule has 0 aliphatic rings. The third kappa shape index (κ3) is 4.29. The minimum atomic E-state index is -4.74. The Kier molecular flexibility index (Phi) is 5.59. The summed E-state index contributed by atoms with van der Waals surface area (Å²) in [6.45, 7) is 0. The molecule has 0 heterocycles. The quantitative estimate of drug-likeness (QED) is 0.411. The molecule has 0 unspecified atom stereocenters. The highest BCUT2D eigenvalue weighted by Gasteiger charge is 2.37. The van der Waals surface area contributed by atoms with Gasteiger partial charge in [-0.25, -0.2) is 9.18 Å². The van der Waals surface area contributed by atoms with Gasteiger partial charge < -0.3 is 4.74 Å². The largest absolute Gasteiger partial charge is 0.420 e. The molecular weight excluding hydrogens is 465 g/mol. The fourth-order valence-corrected chi connectivity index (χ4v) is 2.94. The Bertz CT molecular complexity index is 765. The Labute approximate surface area is 153 Å². The van der Waals surface area contributed by atoms with Crippen LogP contribution in [0.4, 0.5) is 28.0 Å². The minimum absolute atomic E-state index is 0.0354. The molecule has 0 saturated heterocycles. The summed E-state index contributed by atoms with van der Waals surface area (Å²) in [6.07, 6.45) is -5.79. The molecule has 0 bridgehead atoms. The van der Waals surface area contributed by atoms with Crippen molar-refractivity contribution in [3.05, 3.63) is 56.4 Å². The monoisotopic (exact) mass is 473 g/mol. The summed E-state index contributed by atoms with van der Waals surface area (Å²) in [5.74, 6) is -1.14. The van der Waals surface area contributed by atoms with E-state index in [0.717, 1.165) is 17.0 Å². The number of carbonyl (C=O) groups is 1. The van der Waals surface area contributed by atoms with E-state index in [9.17, 15) is 22.4 Å². The minimum Gasteiger partial charge on any atom is -0.408 e. The standard InChI is InChI=1S/C15H9ClF4INO2/c1-22(10-4-2-9(17)3-5-10)14(23)24-13-11(15(18,19)20)6-8(16)7-12(13)21/h2-7H,1H3. The lowest BCUT2D eigenvalue weighted by Gasteiger charge is -2.20. The van der Waals surface area contributed by atoms with Gasteiger partial charge in [0.15, 0.2) is 5.75 Å². The molecule has 0 fully saturated rings. The molecule has 0 saturated carbocycles. The predicted molar refractivity (Wildman–Crippen MR) is 90.0 cm³/mol. The van der Waals surface area contributed by atoms with Crippen LogP contribution in [0.25, 0.3) is 0 Å². The number of anilines is 1. The average Bonchev–Trinajstić information content (AvgIpc) is 2.48. The van der Waals surface area contributed by atoms with E-state index in [4.69, 9.17) is 16.3 Å². The Morgan fingerprint density at radius 3 is 2.33 bits per heavy atom. The lowest BCUT2D eigenvalue weighted by Crippen LogP contribution is -2.30. The van der Waals surface area contributed by atoms with E-state index >= 15 is 0 Å². The molecule has 3 nitrogen and oxygen atoms in total. The summed E-state index contributed by atoms with van der Waals surface area (Å²) >= 11 is 7.24. The third-order valence-electron chi connectivity index (χ3n) is 2.99. The van der Waals surface area contributed by atoms with Gasteiger partial charge in [0.25, 0.3) is 0 Å². The van der Waals surface area contributed by atoms with Crippen molar-refractivity contribution in [3.63, 3.8) is 0 Å². The Morgan fingerprint density at radius 2 is 1.79 bits per heavy atom. The summed E-state index contributed by atoms with van der Waals surface area (Å²) < 4.78 is 57.2. The van der Waals surface area contributed by atoms with Gasteiger partial charge in [-0.05, 0) is 59.0 Å². The van der Waals surface area contributed by atoms with E-state index in [1.165, 1.54) is 25.2 Å². The maximum Gasteiger partial charge on any atom is 0.420 e. The van der Waals surface area contributed by atoms with Crippen molar-refractivity contribution in [2.45, 2.75) is 6.18 Å². The number of carbonyl (C=O) groups excluding carboxylic acids is 1. The van der Waals surface area contributed by atoms with Crippen molar-refractivity contribution in [1.82, 2.24) is 0 Å². The van der Waals surface area contributed by atoms with Crippen LogP contribution >= 0.6 is 34.2 Å². The van der Waals surface area contributed by atoms with E-state index < -0.39 is 29.4 Å². The number of amides is 1. The molecular formula is C15H9ClF4INO2. The Morgan fingerprint density at radius 1 is 1.21 bits per heavy atom. The molecule has 2 aromatic carbocycles. The first-order valence-electron chi connectivity index (χ1n) is 6.37. The number of rotatable bonds is 2. The van der Waals surface area contributed by atoms with E-state index in [0.29, 0.717) is 6.07 Å². The maximum absolute atomic E-state index is 13.1. The normalized spacial score (nSPS) is 11.3. The first-order valence-corrected chi connectivity index (χ1v) is 7.82. The molecule has 128 valence electrons. The fraction of sp³-hybridized carbons (Fsp3) is 0.133. The fourth-order valence-electron chi connectivity index (χ4n) is 1.80. The van der Waals surface area contributed by atoms with Gasteiger partial charge in [0.1, 0.15) is 11.4 Å². The summed E-state index contributed by atoms with van der Waals surface area (Å²) in [5, 5.41) is -0.126. The number of alkyl halides is 3. The highest BCUT2D eigenvalue weighted by Crippen LogP contribution is 2.41. The SMILES string of the molecule is CN(C(=O)Oc1c(I)cc(Cl)cc1C(F)(F)F)c1ccc(F)cc1. The maximum atomic E-state index is 13.1.